The smallest absolute Gasteiger partial charge is 0.317 e. The molecule has 25 heavy (non-hydrogen) atoms. The van der Waals surface area contributed by atoms with Crippen molar-refractivity contribution >= 4 is 27.6 Å². The summed E-state index contributed by atoms with van der Waals surface area (Å²) in [5.41, 5.74) is 1.95. The number of carbonyl (C=O) groups excluding carboxylic acids is 1. The van der Waals surface area contributed by atoms with Crippen LogP contribution in [0.15, 0.2) is 42.5 Å². The van der Waals surface area contributed by atoms with E-state index in [9.17, 15) is 4.79 Å². The highest BCUT2D eigenvalue weighted by molar-refractivity contribution is 7.18. The third-order valence-corrected chi connectivity index (χ3v) is 4.97. The molecule has 4 rings (SSSR count). The van der Waals surface area contributed by atoms with Crippen LogP contribution < -0.4 is 14.8 Å². The monoisotopic (exact) mass is 355 g/mol. The number of aromatic nitrogens is 1. The summed E-state index contributed by atoms with van der Waals surface area (Å²) in [5, 5.41) is 3.81. The summed E-state index contributed by atoms with van der Waals surface area (Å²) in [6.45, 7) is 1.16. The highest BCUT2D eigenvalue weighted by atomic mass is 32.1. The average Bonchev–Trinajstić information content (AvgIpc) is 3.25. The maximum Gasteiger partial charge on any atom is 0.317 e. The summed E-state index contributed by atoms with van der Waals surface area (Å²) < 4.78 is 11.8. The number of rotatable bonds is 4. The third kappa shape index (κ3) is 3.36. The topological polar surface area (TPSA) is 63.7 Å². The molecule has 2 amide bonds. The van der Waals surface area contributed by atoms with Gasteiger partial charge in [0.25, 0.3) is 0 Å². The van der Waals surface area contributed by atoms with Crippen LogP contribution in [0.1, 0.15) is 10.6 Å². The molecule has 1 N–H and O–H groups in total. The molecule has 0 atom stereocenters. The largest absolute Gasteiger partial charge is 0.454 e. The number of nitrogens with zero attached hydrogens (tertiary/aromatic N) is 2. The molecule has 128 valence electrons. The highest BCUT2D eigenvalue weighted by Crippen LogP contribution is 2.32. The summed E-state index contributed by atoms with van der Waals surface area (Å²) in [5.74, 6) is 1.47. The second-order valence-electron chi connectivity index (χ2n) is 5.78. The van der Waals surface area contributed by atoms with Crippen LogP contribution in [0.4, 0.5) is 4.79 Å². The normalized spacial score (nSPS) is 12.4. The number of nitrogens with one attached hydrogen (secondary N) is 1. The number of para-hydroxylation sites is 1. The van der Waals surface area contributed by atoms with Gasteiger partial charge < -0.3 is 19.7 Å². The molecule has 1 aliphatic rings. The Morgan fingerprint density at radius 1 is 1.24 bits per heavy atom. The average molecular weight is 355 g/mol. The Labute approximate surface area is 149 Å². The molecule has 0 bridgehead atoms. The van der Waals surface area contributed by atoms with Crippen LogP contribution in [-0.4, -0.2) is 29.8 Å². The number of hydrogen-bond donors (Lipinski definition) is 1. The van der Waals surface area contributed by atoms with Crippen molar-refractivity contribution in [1.82, 2.24) is 15.2 Å². The molecule has 0 unspecified atom stereocenters. The first-order chi connectivity index (χ1) is 12.2. The van der Waals surface area contributed by atoms with E-state index >= 15 is 0 Å². The van der Waals surface area contributed by atoms with Gasteiger partial charge in [-0.05, 0) is 29.8 Å². The standard InChI is InChI=1S/C18H17N3O3S/c1-21(10-12-6-7-14-15(8-12)24-11-23-14)18(22)19-9-17-20-13-4-2-3-5-16(13)25-17/h2-8H,9-11H2,1H3,(H,19,22). The van der Waals surface area contributed by atoms with E-state index in [0.717, 1.165) is 32.3 Å². The molecule has 1 aliphatic heterocycles. The van der Waals surface area contributed by atoms with Crippen molar-refractivity contribution in [2.24, 2.45) is 0 Å². The predicted molar refractivity (Wildman–Crippen MR) is 95.9 cm³/mol. The zero-order valence-electron chi connectivity index (χ0n) is 13.7. The van der Waals surface area contributed by atoms with Crippen LogP contribution in [0.5, 0.6) is 11.5 Å². The lowest BCUT2D eigenvalue weighted by Crippen LogP contribution is -2.36. The molecule has 0 saturated carbocycles. The maximum absolute atomic E-state index is 12.3. The molecule has 0 aliphatic carbocycles. The Balaban J connectivity index is 1.35. The van der Waals surface area contributed by atoms with Crippen molar-refractivity contribution in [3.05, 3.63) is 53.0 Å². The third-order valence-electron chi connectivity index (χ3n) is 3.93. The highest BCUT2D eigenvalue weighted by Gasteiger charge is 2.15. The van der Waals surface area contributed by atoms with E-state index in [2.05, 4.69) is 10.3 Å². The van der Waals surface area contributed by atoms with E-state index in [-0.39, 0.29) is 12.8 Å². The van der Waals surface area contributed by atoms with Gasteiger partial charge >= 0.3 is 6.03 Å². The molecular weight excluding hydrogens is 338 g/mol. The van der Waals surface area contributed by atoms with Crippen molar-refractivity contribution in [2.75, 3.05) is 13.8 Å². The molecule has 0 fully saturated rings. The number of amides is 2. The molecule has 0 saturated heterocycles. The van der Waals surface area contributed by atoms with Crippen molar-refractivity contribution in [3.8, 4) is 11.5 Å². The minimum atomic E-state index is -0.142. The van der Waals surface area contributed by atoms with Crippen molar-refractivity contribution in [1.29, 1.82) is 0 Å². The van der Waals surface area contributed by atoms with Gasteiger partial charge in [-0.3, -0.25) is 0 Å². The second kappa shape index (κ2) is 6.60. The first-order valence-corrected chi connectivity index (χ1v) is 8.72. The number of thiazole rings is 1. The van der Waals surface area contributed by atoms with Crippen LogP contribution in [-0.2, 0) is 13.1 Å². The Morgan fingerprint density at radius 2 is 2.08 bits per heavy atom. The van der Waals surface area contributed by atoms with E-state index in [1.165, 1.54) is 0 Å². The molecular formula is C18H17N3O3S. The number of hydrogen-bond acceptors (Lipinski definition) is 5. The van der Waals surface area contributed by atoms with Crippen LogP contribution in [0.2, 0.25) is 0 Å². The maximum atomic E-state index is 12.3. The van der Waals surface area contributed by atoms with Gasteiger partial charge in [0.15, 0.2) is 11.5 Å². The van der Waals surface area contributed by atoms with Crippen molar-refractivity contribution < 1.29 is 14.3 Å². The number of carbonyl (C=O) groups is 1. The number of fused-ring (bicyclic) bond motifs is 2. The van der Waals surface area contributed by atoms with E-state index in [1.807, 2.05) is 42.5 Å². The second-order valence-corrected chi connectivity index (χ2v) is 6.89. The molecule has 2 heterocycles. The summed E-state index contributed by atoms with van der Waals surface area (Å²) in [7, 11) is 1.76. The molecule has 0 radical (unpaired) electrons. The van der Waals surface area contributed by atoms with Gasteiger partial charge in [-0.2, -0.15) is 0 Å². The van der Waals surface area contributed by atoms with Crippen LogP contribution >= 0.6 is 11.3 Å². The van der Waals surface area contributed by atoms with Gasteiger partial charge in [0.05, 0.1) is 16.8 Å². The Kier molecular flexibility index (Phi) is 4.15. The van der Waals surface area contributed by atoms with Crippen LogP contribution in [0.25, 0.3) is 10.2 Å². The summed E-state index contributed by atoms with van der Waals surface area (Å²) in [4.78, 5) is 18.5. The molecule has 3 aromatic rings. The Morgan fingerprint density at radius 3 is 2.96 bits per heavy atom. The van der Waals surface area contributed by atoms with Gasteiger partial charge in [0, 0.05) is 13.6 Å². The minimum Gasteiger partial charge on any atom is -0.454 e. The summed E-state index contributed by atoms with van der Waals surface area (Å²) in [6, 6.07) is 13.5. The van der Waals surface area contributed by atoms with Crippen LogP contribution in [0, 0.1) is 0 Å². The lowest BCUT2D eigenvalue weighted by molar-refractivity contribution is 0.174. The first kappa shape index (κ1) is 15.7. The molecule has 2 aromatic carbocycles. The van der Waals surface area contributed by atoms with E-state index in [0.29, 0.717) is 13.1 Å². The van der Waals surface area contributed by atoms with Gasteiger partial charge in [0.1, 0.15) is 5.01 Å². The van der Waals surface area contributed by atoms with Gasteiger partial charge in [-0.1, -0.05) is 18.2 Å². The zero-order valence-corrected chi connectivity index (χ0v) is 14.5. The summed E-state index contributed by atoms with van der Waals surface area (Å²) >= 11 is 1.59. The first-order valence-electron chi connectivity index (χ1n) is 7.91. The number of urea groups is 1. The fourth-order valence-electron chi connectivity index (χ4n) is 2.67. The fourth-order valence-corrected chi connectivity index (χ4v) is 3.57. The van der Waals surface area contributed by atoms with Crippen molar-refractivity contribution in [2.45, 2.75) is 13.1 Å². The molecule has 1 aromatic heterocycles. The molecule has 7 heteroatoms. The molecule has 6 nitrogen and oxygen atoms in total. The fraction of sp³-hybridized carbons (Fsp3) is 0.222. The quantitative estimate of drug-likeness (QED) is 0.779. The lowest BCUT2D eigenvalue weighted by Gasteiger charge is -2.17. The Hall–Kier alpha value is -2.80. The number of benzene rings is 2. The van der Waals surface area contributed by atoms with E-state index < -0.39 is 0 Å². The summed E-state index contributed by atoms with van der Waals surface area (Å²) in [6.07, 6.45) is 0. The molecule has 0 spiro atoms. The predicted octanol–water partition coefficient (Wildman–Crippen LogP) is 3.37. The minimum absolute atomic E-state index is 0.142. The zero-order chi connectivity index (χ0) is 17.2. The van der Waals surface area contributed by atoms with Gasteiger partial charge in [-0.25, -0.2) is 9.78 Å². The Bertz CT molecular complexity index is 892. The lowest BCUT2D eigenvalue weighted by atomic mass is 10.2. The van der Waals surface area contributed by atoms with E-state index in [4.69, 9.17) is 9.47 Å². The number of ether oxygens (including phenoxy) is 2. The van der Waals surface area contributed by atoms with E-state index in [1.54, 1.807) is 23.3 Å². The SMILES string of the molecule is CN(Cc1ccc2c(c1)OCO2)C(=O)NCc1nc2ccccc2s1. The van der Waals surface area contributed by atoms with Crippen molar-refractivity contribution in [3.63, 3.8) is 0 Å². The van der Waals surface area contributed by atoms with Crippen LogP contribution in [0.3, 0.4) is 0 Å². The van der Waals surface area contributed by atoms with Gasteiger partial charge in [-0.15, -0.1) is 11.3 Å². The van der Waals surface area contributed by atoms with Gasteiger partial charge in [0.2, 0.25) is 6.79 Å².